The number of sulfonamides is 1. The number of amidine groups is 1. The van der Waals surface area contributed by atoms with Gasteiger partial charge in [-0.15, -0.1) is 0 Å². The Bertz CT molecular complexity index is 407. The maximum atomic E-state index is 12.3. The van der Waals surface area contributed by atoms with Crippen molar-refractivity contribution < 1.29 is 13.6 Å². The minimum absolute atomic E-state index is 0.00466. The van der Waals surface area contributed by atoms with E-state index in [-0.39, 0.29) is 17.0 Å². The van der Waals surface area contributed by atoms with Crippen LogP contribution in [0.15, 0.2) is 5.16 Å². The third-order valence-corrected chi connectivity index (χ3v) is 6.47. The summed E-state index contributed by atoms with van der Waals surface area (Å²) in [6.45, 7) is 0.972. The fraction of sp³-hybridized carbons (Fsp3) is 0.909. The van der Waals surface area contributed by atoms with Gasteiger partial charge in [-0.05, 0) is 25.7 Å². The summed E-state index contributed by atoms with van der Waals surface area (Å²) < 4.78 is 26.3. The second-order valence-electron chi connectivity index (χ2n) is 5.15. The topological polar surface area (TPSA) is 96.0 Å². The van der Waals surface area contributed by atoms with E-state index in [4.69, 9.17) is 10.9 Å². The van der Waals surface area contributed by atoms with Crippen LogP contribution in [-0.2, 0) is 10.0 Å². The summed E-state index contributed by atoms with van der Waals surface area (Å²) in [5.41, 5.74) is 5.56. The van der Waals surface area contributed by atoms with Crippen LogP contribution in [0, 0.1) is 5.92 Å². The maximum absolute atomic E-state index is 12.3. The molecule has 0 aromatic rings. The van der Waals surface area contributed by atoms with Crippen LogP contribution in [0.1, 0.15) is 38.5 Å². The first kappa shape index (κ1) is 13.6. The molecular formula is C11H21N3O3S. The summed E-state index contributed by atoms with van der Waals surface area (Å²) in [6.07, 6.45) is 4.91. The predicted molar refractivity (Wildman–Crippen MR) is 68.9 cm³/mol. The minimum Gasteiger partial charge on any atom is -0.409 e. The van der Waals surface area contributed by atoms with Gasteiger partial charge in [-0.1, -0.05) is 18.0 Å². The van der Waals surface area contributed by atoms with Crippen molar-refractivity contribution in [3.8, 4) is 0 Å². The Balaban J connectivity index is 1.97. The second kappa shape index (κ2) is 5.44. The predicted octanol–water partition coefficient (Wildman–Crippen LogP) is 0.717. The van der Waals surface area contributed by atoms with E-state index in [9.17, 15) is 8.42 Å². The van der Waals surface area contributed by atoms with Gasteiger partial charge in [-0.3, -0.25) is 0 Å². The highest BCUT2D eigenvalue weighted by Gasteiger charge is 2.36. The summed E-state index contributed by atoms with van der Waals surface area (Å²) in [5, 5.41) is 11.4. The lowest BCUT2D eigenvalue weighted by molar-refractivity contribution is 0.289. The summed E-state index contributed by atoms with van der Waals surface area (Å²) in [5.74, 6) is 0.220. The van der Waals surface area contributed by atoms with E-state index in [2.05, 4.69) is 5.16 Å². The van der Waals surface area contributed by atoms with Gasteiger partial charge in [0.2, 0.25) is 10.0 Å². The molecule has 0 unspecified atom stereocenters. The van der Waals surface area contributed by atoms with Gasteiger partial charge in [0.05, 0.1) is 5.25 Å². The quantitative estimate of drug-likeness (QED) is 0.343. The molecule has 0 amide bonds. The number of rotatable bonds is 3. The zero-order valence-electron chi connectivity index (χ0n) is 10.5. The molecule has 7 heteroatoms. The van der Waals surface area contributed by atoms with Crippen molar-refractivity contribution in [2.75, 3.05) is 13.1 Å². The Hall–Kier alpha value is -0.820. The Kier molecular flexibility index (Phi) is 4.11. The Labute approximate surface area is 108 Å². The van der Waals surface area contributed by atoms with Crippen molar-refractivity contribution >= 4 is 15.9 Å². The molecule has 6 nitrogen and oxygen atoms in total. The molecule has 1 heterocycles. The number of hydrogen-bond acceptors (Lipinski definition) is 4. The highest BCUT2D eigenvalue weighted by molar-refractivity contribution is 7.89. The molecule has 1 saturated carbocycles. The fourth-order valence-electron chi connectivity index (χ4n) is 2.88. The SMILES string of the molecule is NC(=NO)C1CCN(S(=O)(=O)C2CCCC2)CC1. The molecule has 0 aromatic carbocycles. The van der Waals surface area contributed by atoms with E-state index in [1.165, 1.54) is 0 Å². The number of hydrogen-bond donors (Lipinski definition) is 2. The van der Waals surface area contributed by atoms with Crippen LogP contribution in [0.3, 0.4) is 0 Å². The highest BCUT2D eigenvalue weighted by Crippen LogP contribution is 2.29. The van der Waals surface area contributed by atoms with E-state index in [1.807, 2.05) is 0 Å². The number of piperidine rings is 1. The largest absolute Gasteiger partial charge is 0.409 e. The van der Waals surface area contributed by atoms with Gasteiger partial charge in [-0.2, -0.15) is 0 Å². The Morgan fingerprint density at radius 1 is 1.17 bits per heavy atom. The Morgan fingerprint density at radius 2 is 1.72 bits per heavy atom. The summed E-state index contributed by atoms with van der Waals surface area (Å²) >= 11 is 0. The van der Waals surface area contributed by atoms with Crippen LogP contribution in [0.4, 0.5) is 0 Å². The average Bonchev–Trinajstić information content (AvgIpc) is 2.92. The molecule has 2 fully saturated rings. The number of nitrogens with two attached hydrogens (primary N) is 1. The lowest BCUT2D eigenvalue weighted by atomic mass is 9.97. The molecule has 0 radical (unpaired) electrons. The second-order valence-corrected chi connectivity index (χ2v) is 7.36. The zero-order chi connectivity index (χ0) is 13.2. The molecule has 0 atom stereocenters. The summed E-state index contributed by atoms with van der Waals surface area (Å²) in [4.78, 5) is 0. The molecule has 104 valence electrons. The first-order valence-corrected chi connectivity index (χ1v) is 8.02. The van der Waals surface area contributed by atoms with E-state index >= 15 is 0 Å². The molecule has 1 aliphatic carbocycles. The Morgan fingerprint density at radius 3 is 2.22 bits per heavy atom. The summed E-state index contributed by atoms with van der Waals surface area (Å²) in [6, 6.07) is 0. The molecule has 18 heavy (non-hydrogen) atoms. The van der Waals surface area contributed by atoms with Crippen LogP contribution in [0.25, 0.3) is 0 Å². The molecule has 1 aliphatic heterocycles. The normalized spacial score (nSPS) is 25.7. The van der Waals surface area contributed by atoms with Crippen molar-refractivity contribution in [1.82, 2.24) is 4.31 Å². The number of oxime groups is 1. The molecule has 2 aliphatic rings. The molecular weight excluding hydrogens is 254 g/mol. The number of nitrogens with zero attached hydrogens (tertiary/aromatic N) is 2. The third kappa shape index (κ3) is 2.61. The fourth-order valence-corrected chi connectivity index (χ4v) is 4.96. The monoisotopic (exact) mass is 275 g/mol. The molecule has 0 bridgehead atoms. The lowest BCUT2D eigenvalue weighted by Crippen LogP contribution is -2.44. The first-order chi connectivity index (χ1) is 8.55. The van der Waals surface area contributed by atoms with Gasteiger partial charge in [0.15, 0.2) is 0 Å². The first-order valence-electron chi connectivity index (χ1n) is 6.52. The average molecular weight is 275 g/mol. The molecule has 0 spiro atoms. The van der Waals surface area contributed by atoms with Crippen LogP contribution in [-0.4, -0.2) is 42.1 Å². The lowest BCUT2D eigenvalue weighted by Gasteiger charge is -2.32. The smallest absolute Gasteiger partial charge is 0.216 e. The van der Waals surface area contributed by atoms with Gasteiger partial charge in [0.25, 0.3) is 0 Å². The van der Waals surface area contributed by atoms with Gasteiger partial charge in [0.1, 0.15) is 5.84 Å². The molecule has 2 rings (SSSR count). The van der Waals surface area contributed by atoms with Crippen molar-refractivity contribution in [1.29, 1.82) is 0 Å². The van der Waals surface area contributed by atoms with Crippen molar-refractivity contribution in [3.05, 3.63) is 0 Å². The van der Waals surface area contributed by atoms with Crippen molar-refractivity contribution in [2.24, 2.45) is 16.8 Å². The van der Waals surface area contributed by atoms with E-state index in [0.29, 0.717) is 25.9 Å². The van der Waals surface area contributed by atoms with Crippen LogP contribution in [0.2, 0.25) is 0 Å². The van der Waals surface area contributed by atoms with E-state index in [1.54, 1.807) is 4.31 Å². The van der Waals surface area contributed by atoms with Crippen LogP contribution in [0.5, 0.6) is 0 Å². The van der Waals surface area contributed by atoms with Gasteiger partial charge in [0, 0.05) is 19.0 Å². The van der Waals surface area contributed by atoms with Crippen molar-refractivity contribution in [3.63, 3.8) is 0 Å². The highest BCUT2D eigenvalue weighted by atomic mass is 32.2. The van der Waals surface area contributed by atoms with Gasteiger partial charge < -0.3 is 10.9 Å². The van der Waals surface area contributed by atoms with Crippen molar-refractivity contribution in [2.45, 2.75) is 43.8 Å². The third-order valence-electron chi connectivity index (χ3n) is 4.07. The zero-order valence-corrected chi connectivity index (χ0v) is 11.3. The minimum atomic E-state index is -3.13. The van der Waals surface area contributed by atoms with Gasteiger partial charge in [-0.25, -0.2) is 12.7 Å². The standard InChI is InChI=1S/C11H21N3O3S/c12-11(13-15)9-5-7-14(8-6-9)18(16,17)10-3-1-2-4-10/h9-10,15H,1-8H2,(H2,12,13). The molecule has 1 saturated heterocycles. The van der Waals surface area contributed by atoms with E-state index in [0.717, 1.165) is 25.7 Å². The molecule has 3 N–H and O–H groups in total. The van der Waals surface area contributed by atoms with Crippen LogP contribution >= 0.6 is 0 Å². The van der Waals surface area contributed by atoms with Crippen LogP contribution < -0.4 is 5.73 Å². The maximum Gasteiger partial charge on any atom is 0.216 e. The van der Waals surface area contributed by atoms with E-state index < -0.39 is 10.0 Å². The molecule has 0 aromatic heterocycles. The van der Waals surface area contributed by atoms with Gasteiger partial charge >= 0.3 is 0 Å². The summed E-state index contributed by atoms with van der Waals surface area (Å²) in [7, 11) is -3.13.